The van der Waals surface area contributed by atoms with Crippen molar-refractivity contribution >= 4 is 16.9 Å². The van der Waals surface area contributed by atoms with Crippen LogP contribution in [0, 0.1) is 13.8 Å². The number of carbonyl (C=O) groups is 1. The number of amides is 1. The third-order valence-electron chi connectivity index (χ3n) is 7.18. The molecule has 0 radical (unpaired) electrons. The van der Waals surface area contributed by atoms with Gasteiger partial charge in [0.25, 0.3) is 5.91 Å². The Bertz CT molecular complexity index is 1380. The minimum Gasteiger partial charge on any atom is -0.494 e. The highest BCUT2D eigenvalue weighted by Gasteiger charge is 2.11. The van der Waals surface area contributed by atoms with E-state index in [0.717, 1.165) is 72.6 Å². The third-order valence-corrected chi connectivity index (χ3v) is 7.18. The van der Waals surface area contributed by atoms with Gasteiger partial charge in [-0.1, -0.05) is 56.7 Å². The highest BCUT2D eigenvalue weighted by Crippen LogP contribution is 2.21. The van der Waals surface area contributed by atoms with E-state index >= 15 is 0 Å². The maximum Gasteiger partial charge on any atom is 0.257 e. The van der Waals surface area contributed by atoms with Gasteiger partial charge < -0.3 is 19.4 Å². The van der Waals surface area contributed by atoms with Gasteiger partial charge in [-0.25, -0.2) is 4.98 Å². The van der Waals surface area contributed by atoms with Gasteiger partial charge in [0.05, 0.1) is 17.6 Å². The van der Waals surface area contributed by atoms with Gasteiger partial charge in [-0.15, -0.1) is 0 Å². The molecule has 3 aromatic carbocycles. The summed E-state index contributed by atoms with van der Waals surface area (Å²) in [7, 11) is 0. The van der Waals surface area contributed by atoms with Crippen molar-refractivity contribution < 1.29 is 14.3 Å². The molecule has 212 valence electrons. The molecule has 0 unspecified atom stereocenters. The predicted molar refractivity (Wildman–Crippen MR) is 162 cm³/mol. The summed E-state index contributed by atoms with van der Waals surface area (Å²) in [6.45, 7) is 10.6. The number of aromatic nitrogens is 2. The summed E-state index contributed by atoms with van der Waals surface area (Å²) in [4.78, 5) is 17.1. The van der Waals surface area contributed by atoms with Crippen molar-refractivity contribution in [2.75, 3.05) is 19.8 Å². The number of unbranched alkanes of at least 4 members (excludes halogenated alkanes) is 2. The summed E-state index contributed by atoms with van der Waals surface area (Å²) in [6.07, 6.45) is 4.80. The fourth-order valence-corrected chi connectivity index (χ4v) is 4.80. The van der Waals surface area contributed by atoms with Crippen LogP contribution >= 0.6 is 0 Å². The van der Waals surface area contributed by atoms with Crippen molar-refractivity contribution in [3.8, 4) is 11.5 Å². The number of nitrogens with zero attached hydrogens (tertiary/aromatic N) is 2. The SMILES string of the molecule is Cc1ccc(C)c(OCC(=O)NCCCCCc2nc3ccccc3n2CCCOc2ccc(C(C)C)cc2)c1. The largest absolute Gasteiger partial charge is 0.494 e. The zero-order valence-corrected chi connectivity index (χ0v) is 24.4. The van der Waals surface area contributed by atoms with E-state index < -0.39 is 0 Å². The second-order valence-corrected chi connectivity index (χ2v) is 10.8. The molecule has 0 bridgehead atoms. The standard InChI is InChI=1S/C34H43N3O3/c1-25(2)28-16-18-29(19-17-28)39-22-10-21-37-31-12-8-7-11-30(31)36-33(37)13-6-5-9-20-35-34(38)24-40-32-23-26(3)14-15-27(32)4/h7-8,11-12,14-19,23,25H,5-6,9-10,13,20-22,24H2,1-4H3,(H,35,38). The van der Waals surface area contributed by atoms with Crippen molar-refractivity contribution in [1.82, 2.24) is 14.9 Å². The van der Waals surface area contributed by atoms with Gasteiger partial charge in [0.15, 0.2) is 6.61 Å². The maximum atomic E-state index is 12.2. The average molecular weight is 542 g/mol. The quantitative estimate of drug-likeness (QED) is 0.162. The molecule has 6 heteroatoms. The minimum absolute atomic E-state index is 0.0429. The summed E-state index contributed by atoms with van der Waals surface area (Å²) < 4.78 is 14.1. The summed E-state index contributed by atoms with van der Waals surface area (Å²) in [5.74, 6) is 3.25. The summed E-state index contributed by atoms with van der Waals surface area (Å²) >= 11 is 0. The first-order valence-electron chi connectivity index (χ1n) is 14.5. The number of imidazole rings is 1. The fourth-order valence-electron chi connectivity index (χ4n) is 4.80. The molecule has 1 aromatic heterocycles. The van der Waals surface area contributed by atoms with Crippen molar-refractivity contribution in [1.29, 1.82) is 0 Å². The van der Waals surface area contributed by atoms with E-state index in [1.807, 2.05) is 38.1 Å². The Morgan fingerprint density at radius 3 is 2.52 bits per heavy atom. The van der Waals surface area contributed by atoms with E-state index in [4.69, 9.17) is 14.5 Å². The lowest BCUT2D eigenvalue weighted by Gasteiger charge is -2.12. The number of rotatable bonds is 15. The van der Waals surface area contributed by atoms with E-state index in [9.17, 15) is 4.79 Å². The van der Waals surface area contributed by atoms with E-state index in [0.29, 0.717) is 19.1 Å². The number of nitrogens with one attached hydrogen (secondary N) is 1. The highest BCUT2D eigenvalue weighted by atomic mass is 16.5. The number of hydrogen-bond donors (Lipinski definition) is 1. The van der Waals surface area contributed by atoms with E-state index in [1.54, 1.807) is 0 Å². The summed E-state index contributed by atoms with van der Waals surface area (Å²) in [5.41, 5.74) is 5.70. The molecule has 0 spiro atoms. The number of aryl methyl sites for hydroxylation is 4. The topological polar surface area (TPSA) is 65.4 Å². The second-order valence-electron chi connectivity index (χ2n) is 10.8. The zero-order valence-electron chi connectivity index (χ0n) is 24.4. The van der Waals surface area contributed by atoms with Crippen LogP contribution in [-0.4, -0.2) is 35.2 Å². The third kappa shape index (κ3) is 8.35. The summed E-state index contributed by atoms with van der Waals surface area (Å²) in [5, 5.41) is 2.98. The molecule has 1 amide bonds. The number of para-hydroxylation sites is 2. The molecular formula is C34H43N3O3. The lowest BCUT2D eigenvalue weighted by Crippen LogP contribution is -2.29. The van der Waals surface area contributed by atoms with Gasteiger partial charge in [-0.05, 0) is 86.1 Å². The van der Waals surface area contributed by atoms with Crippen LogP contribution in [0.25, 0.3) is 11.0 Å². The van der Waals surface area contributed by atoms with Crippen LogP contribution < -0.4 is 14.8 Å². The number of ether oxygens (including phenoxy) is 2. The van der Waals surface area contributed by atoms with Crippen molar-refractivity contribution in [3.63, 3.8) is 0 Å². The monoisotopic (exact) mass is 541 g/mol. The molecule has 1 N–H and O–H groups in total. The first-order chi connectivity index (χ1) is 19.4. The zero-order chi connectivity index (χ0) is 28.3. The molecule has 1 heterocycles. The second kappa shape index (κ2) is 14.5. The van der Waals surface area contributed by atoms with Gasteiger partial charge in [0.1, 0.15) is 17.3 Å². The molecule has 0 fully saturated rings. The van der Waals surface area contributed by atoms with Gasteiger partial charge in [-0.2, -0.15) is 0 Å². The Labute approximate surface area is 238 Å². The van der Waals surface area contributed by atoms with Crippen LogP contribution in [0.1, 0.15) is 68.0 Å². The van der Waals surface area contributed by atoms with Crippen molar-refractivity contribution in [3.05, 3.63) is 89.2 Å². The molecule has 4 rings (SSSR count). The van der Waals surface area contributed by atoms with E-state index in [1.165, 1.54) is 11.1 Å². The molecule has 0 saturated carbocycles. The maximum absolute atomic E-state index is 12.2. The van der Waals surface area contributed by atoms with E-state index in [-0.39, 0.29) is 12.5 Å². The number of carbonyl (C=O) groups excluding carboxylic acids is 1. The molecule has 6 nitrogen and oxygen atoms in total. The van der Waals surface area contributed by atoms with Crippen LogP contribution in [0.2, 0.25) is 0 Å². The van der Waals surface area contributed by atoms with Gasteiger partial charge in [-0.3, -0.25) is 4.79 Å². The van der Waals surface area contributed by atoms with Crippen LogP contribution in [0.3, 0.4) is 0 Å². The van der Waals surface area contributed by atoms with Crippen LogP contribution in [-0.2, 0) is 17.8 Å². The Hall–Kier alpha value is -3.80. The minimum atomic E-state index is -0.0826. The summed E-state index contributed by atoms with van der Waals surface area (Å²) in [6, 6.07) is 22.8. The lowest BCUT2D eigenvalue weighted by atomic mass is 10.0. The van der Waals surface area contributed by atoms with Crippen LogP contribution in [0.4, 0.5) is 0 Å². The van der Waals surface area contributed by atoms with Crippen molar-refractivity contribution in [2.24, 2.45) is 0 Å². The lowest BCUT2D eigenvalue weighted by molar-refractivity contribution is -0.123. The van der Waals surface area contributed by atoms with Crippen molar-refractivity contribution in [2.45, 2.75) is 72.3 Å². The van der Waals surface area contributed by atoms with Gasteiger partial charge >= 0.3 is 0 Å². The van der Waals surface area contributed by atoms with E-state index in [2.05, 4.69) is 66.2 Å². The molecule has 0 aliphatic rings. The molecule has 0 saturated heterocycles. The Morgan fingerprint density at radius 2 is 1.73 bits per heavy atom. The number of fused-ring (bicyclic) bond motifs is 1. The highest BCUT2D eigenvalue weighted by molar-refractivity contribution is 5.77. The Balaban J connectivity index is 1.18. The first kappa shape index (κ1) is 29.2. The number of hydrogen-bond acceptors (Lipinski definition) is 4. The molecule has 0 aliphatic heterocycles. The average Bonchev–Trinajstić information content (AvgIpc) is 3.30. The molecule has 0 aliphatic carbocycles. The smallest absolute Gasteiger partial charge is 0.257 e. The molecule has 40 heavy (non-hydrogen) atoms. The molecule has 4 aromatic rings. The fraction of sp³-hybridized carbons (Fsp3) is 0.412. The Morgan fingerprint density at radius 1 is 0.925 bits per heavy atom. The van der Waals surface area contributed by atoms with Crippen LogP contribution in [0.15, 0.2) is 66.7 Å². The van der Waals surface area contributed by atoms with Crippen LogP contribution in [0.5, 0.6) is 11.5 Å². The predicted octanol–water partition coefficient (Wildman–Crippen LogP) is 7.15. The molecular weight excluding hydrogens is 498 g/mol. The normalized spacial score (nSPS) is 11.2. The Kier molecular flexibility index (Phi) is 10.6. The number of benzene rings is 3. The van der Waals surface area contributed by atoms with Gasteiger partial charge in [0.2, 0.25) is 0 Å². The van der Waals surface area contributed by atoms with Gasteiger partial charge in [0, 0.05) is 19.5 Å². The first-order valence-corrected chi connectivity index (χ1v) is 14.5. The molecule has 0 atom stereocenters.